The zero-order chi connectivity index (χ0) is 15.4. The predicted octanol–water partition coefficient (Wildman–Crippen LogP) is 5.23. The highest BCUT2D eigenvalue weighted by molar-refractivity contribution is 9.09. The molecule has 0 bridgehead atoms. The van der Waals surface area contributed by atoms with Gasteiger partial charge in [0.1, 0.15) is 17.4 Å². The van der Waals surface area contributed by atoms with Crippen molar-refractivity contribution in [1.29, 1.82) is 0 Å². The van der Waals surface area contributed by atoms with Crippen LogP contribution in [0.15, 0.2) is 0 Å². The Morgan fingerprint density at radius 1 is 0.857 bits per heavy atom. The summed E-state index contributed by atoms with van der Waals surface area (Å²) in [6, 6.07) is 0. The largest absolute Gasteiger partial charge is 0.372 e. The van der Waals surface area contributed by atoms with Gasteiger partial charge in [0.05, 0.1) is 18.3 Å². The van der Waals surface area contributed by atoms with E-state index in [9.17, 15) is 8.78 Å². The van der Waals surface area contributed by atoms with Gasteiger partial charge < -0.3 is 9.47 Å². The zero-order valence-electron chi connectivity index (χ0n) is 13.4. The second-order valence-electron chi connectivity index (χ2n) is 5.83. The SMILES string of the molecule is Br.CC[C@H]1O[C@@H](C)[C@H](F)C1C.CC[C@H]1O[C@H](Br)[C@H](F)C1C. The van der Waals surface area contributed by atoms with Crippen molar-refractivity contribution in [2.24, 2.45) is 11.8 Å². The summed E-state index contributed by atoms with van der Waals surface area (Å²) in [7, 11) is 0. The summed E-state index contributed by atoms with van der Waals surface area (Å²) in [5.41, 5.74) is 0. The molecule has 2 aliphatic heterocycles. The number of hydrogen-bond donors (Lipinski definition) is 0. The molecule has 21 heavy (non-hydrogen) atoms. The Balaban J connectivity index is 0.000000364. The molecular weight excluding hydrogens is 410 g/mol. The van der Waals surface area contributed by atoms with Gasteiger partial charge in [-0.2, -0.15) is 0 Å². The van der Waals surface area contributed by atoms with Gasteiger partial charge in [-0.1, -0.05) is 43.6 Å². The molecule has 0 radical (unpaired) electrons. The zero-order valence-corrected chi connectivity index (χ0v) is 16.7. The smallest absolute Gasteiger partial charge is 0.144 e. The average molecular weight is 438 g/mol. The lowest BCUT2D eigenvalue weighted by Gasteiger charge is -2.10. The highest BCUT2D eigenvalue weighted by atomic mass is 79.9. The monoisotopic (exact) mass is 436 g/mol. The summed E-state index contributed by atoms with van der Waals surface area (Å²) in [6.07, 6.45) is 0.259. The summed E-state index contributed by atoms with van der Waals surface area (Å²) >= 11 is 3.13. The molecule has 8 atom stereocenters. The molecule has 0 N–H and O–H groups in total. The molecule has 2 heterocycles. The molecule has 0 aromatic carbocycles. The molecule has 0 aromatic rings. The molecule has 2 rings (SSSR count). The second kappa shape index (κ2) is 9.78. The van der Waals surface area contributed by atoms with Crippen LogP contribution in [-0.2, 0) is 9.47 Å². The van der Waals surface area contributed by atoms with Crippen LogP contribution >= 0.6 is 32.9 Å². The van der Waals surface area contributed by atoms with E-state index in [4.69, 9.17) is 9.47 Å². The van der Waals surface area contributed by atoms with Gasteiger partial charge in [-0.15, -0.1) is 17.0 Å². The average Bonchev–Trinajstić information content (AvgIpc) is 2.84. The van der Waals surface area contributed by atoms with Gasteiger partial charge in [-0.25, -0.2) is 8.78 Å². The standard InChI is InChI=1S/C8H15FO.C7H12BrFO.BrH/c1-4-7-5(2)8(9)6(3)10-7;1-3-5-4(2)6(9)7(8)10-5;/h5-8H,4H2,1-3H3;4-7H,3H2,1-2H3;1H/t5?,6-,7+,8+;4?,5-,6-,7+;/m01./s1. The Hall–Kier alpha value is 0.740. The van der Waals surface area contributed by atoms with Crippen molar-refractivity contribution >= 4 is 32.9 Å². The van der Waals surface area contributed by atoms with Crippen LogP contribution in [0.1, 0.15) is 47.5 Å². The number of alkyl halides is 3. The molecule has 0 amide bonds. The van der Waals surface area contributed by atoms with E-state index in [2.05, 4.69) is 15.9 Å². The fourth-order valence-electron chi connectivity index (χ4n) is 2.85. The van der Waals surface area contributed by atoms with Gasteiger partial charge in [-0.3, -0.25) is 0 Å². The van der Waals surface area contributed by atoms with Gasteiger partial charge in [-0.05, 0) is 19.8 Å². The van der Waals surface area contributed by atoms with Crippen LogP contribution in [0.2, 0.25) is 0 Å². The number of halogens is 4. The van der Waals surface area contributed by atoms with E-state index in [1.54, 1.807) is 6.92 Å². The normalized spacial score (nSPS) is 45.7. The van der Waals surface area contributed by atoms with Crippen LogP contribution in [-0.4, -0.2) is 35.7 Å². The van der Waals surface area contributed by atoms with Gasteiger partial charge >= 0.3 is 0 Å². The van der Waals surface area contributed by atoms with E-state index in [0.29, 0.717) is 0 Å². The van der Waals surface area contributed by atoms with Crippen molar-refractivity contribution in [3.05, 3.63) is 0 Å². The van der Waals surface area contributed by atoms with Gasteiger partial charge in [0.25, 0.3) is 0 Å². The molecule has 2 aliphatic rings. The molecule has 2 saturated heterocycles. The first kappa shape index (κ1) is 21.7. The molecule has 2 fully saturated rings. The minimum absolute atomic E-state index is 0. The van der Waals surface area contributed by atoms with E-state index in [-0.39, 0.29) is 52.1 Å². The van der Waals surface area contributed by atoms with Crippen LogP contribution in [0, 0.1) is 11.8 Å². The maximum absolute atomic E-state index is 13.0. The lowest BCUT2D eigenvalue weighted by molar-refractivity contribution is 0.0349. The van der Waals surface area contributed by atoms with E-state index >= 15 is 0 Å². The van der Waals surface area contributed by atoms with Crippen LogP contribution < -0.4 is 0 Å². The molecular formula is C15H28Br2F2O2. The molecule has 6 heteroatoms. The Bertz CT molecular complexity index is 269. The molecule has 2 nitrogen and oxygen atoms in total. The topological polar surface area (TPSA) is 18.5 Å². The van der Waals surface area contributed by atoms with Crippen LogP contribution in [0.25, 0.3) is 0 Å². The van der Waals surface area contributed by atoms with Gasteiger partial charge in [0.15, 0.2) is 0 Å². The molecule has 0 aromatic heterocycles. The molecule has 0 aliphatic carbocycles. The van der Waals surface area contributed by atoms with Gasteiger partial charge in [0.2, 0.25) is 0 Å². The van der Waals surface area contributed by atoms with Crippen molar-refractivity contribution in [3.8, 4) is 0 Å². The van der Waals surface area contributed by atoms with E-state index < -0.39 is 12.3 Å². The first-order valence-corrected chi connectivity index (χ1v) is 8.48. The summed E-state index contributed by atoms with van der Waals surface area (Å²) in [5.74, 6) is 0.120. The minimum Gasteiger partial charge on any atom is -0.372 e. The lowest BCUT2D eigenvalue weighted by Crippen LogP contribution is -2.18. The Labute approximate surface area is 146 Å². The van der Waals surface area contributed by atoms with Crippen molar-refractivity contribution < 1.29 is 18.3 Å². The number of rotatable bonds is 2. The third kappa shape index (κ3) is 5.40. The number of hydrogen-bond acceptors (Lipinski definition) is 2. The maximum Gasteiger partial charge on any atom is 0.144 e. The van der Waals surface area contributed by atoms with Crippen molar-refractivity contribution in [3.63, 3.8) is 0 Å². The van der Waals surface area contributed by atoms with E-state index in [1.807, 2.05) is 27.7 Å². The van der Waals surface area contributed by atoms with Crippen LogP contribution in [0.5, 0.6) is 0 Å². The molecule has 0 spiro atoms. The summed E-state index contributed by atoms with van der Waals surface area (Å²) in [5, 5.41) is -0.382. The quantitative estimate of drug-likeness (QED) is 0.551. The summed E-state index contributed by atoms with van der Waals surface area (Å²) in [4.78, 5) is 0. The van der Waals surface area contributed by atoms with E-state index in [1.165, 1.54) is 0 Å². The Kier molecular flexibility index (Phi) is 10.1. The highest BCUT2D eigenvalue weighted by Gasteiger charge is 2.39. The fraction of sp³-hybridized carbons (Fsp3) is 1.00. The number of ether oxygens (including phenoxy) is 2. The van der Waals surface area contributed by atoms with Crippen LogP contribution in [0.3, 0.4) is 0 Å². The fourth-order valence-corrected chi connectivity index (χ4v) is 3.61. The molecule has 0 saturated carbocycles. The highest BCUT2D eigenvalue weighted by Crippen LogP contribution is 2.33. The molecule has 128 valence electrons. The Morgan fingerprint density at radius 3 is 1.48 bits per heavy atom. The van der Waals surface area contributed by atoms with Crippen molar-refractivity contribution in [1.82, 2.24) is 0 Å². The Morgan fingerprint density at radius 2 is 1.29 bits per heavy atom. The lowest BCUT2D eigenvalue weighted by atomic mass is 9.99. The van der Waals surface area contributed by atoms with Crippen molar-refractivity contribution in [2.45, 2.75) is 83.1 Å². The van der Waals surface area contributed by atoms with Gasteiger partial charge in [0, 0.05) is 11.8 Å². The third-order valence-electron chi connectivity index (χ3n) is 4.38. The minimum atomic E-state index is -0.843. The third-order valence-corrected chi connectivity index (χ3v) is 5.10. The first-order valence-electron chi connectivity index (χ1n) is 7.56. The summed E-state index contributed by atoms with van der Waals surface area (Å²) < 4.78 is 36.6. The maximum atomic E-state index is 13.0. The summed E-state index contributed by atoms with van der Waals surface area (Å²) in [6.45, 7) is 9.66. The van der Waals surface area contributed by atoms with Crippen molar-refractivity contribution in [2.75, 3.05) is 0 Å². The predicted molar refractivity (Wildman–Crippen MR) is 90.9 cm³/mol. The second-order valence-corrected chi connectivity index (χ2v) is 6.73. The first-order chi connectivity index (χ1) is 9.33. The van der Waals surface area contributed by atoms with Crippen LogP contribution in [0.4, 0.5) is 8.78 Å². The van der Waals surface area contributed by atoms with E-state index in [0.717, 1.165) is 12.8 Å². The molecule has 2 unspecified atom stereocenters.